The summed E-state index contributed by atoms with van der Waals surface area (Å²) in [5.74, 6) is 0.139. The third kappa shape index (κ3) is 4.23. The molecule has 2 aromatic carbocycles. The summed E-state index contributed by atoms with van der Waals surface area (Å²) in [5.41, 5.74) is 7.62. The Morgan fingerprint density at radius 2 is 1.59 bits per heavy atom. The zero-order valence-corrected chi connectivity index (χ0v) is 18.6. The molecule has 4 rings (SSSR count). The fraction of sp³-hybridized carbons (Fsp3) is 0.0588. The van der Waals surface area contributed by atoms with Gasteiger partial charge in [-0.2, -0.15) is 21.9 Å². The van der Waals surface area contributed by atoms with Gasteiger partial charge in [0.2, 0.25) is 5.13 Å². The average Bonchev–Trinajstić information content (AvgIpc) is 3.24. The van der Waals surface area contributed by atoms with Crippen molar-refractivity contribution in [1.29, 1.82) is 0 Å². The number of benzene rings is 2. The molecule has 0 bridgehead atoms. The molecule has 4 N–H and O–H groups in total. The fourth-order valence-electron chi connectivity index (χ4n) is 2.81. The summed E-state index contributed by atoms with van der Waals surface area (Å²) in [5, 5.41) is 12.7. The Hall–Kier alpha value is -3.24. The maximum atomic E-state index is 11.3. The molecule has 2 heterocycles. The Balaban J connectivity index is 1.66. The Kier molecular flexibility index (Phi) is 5.30. The van der Waals surface area contributed by atoms with E-state index < -0.39 is 20.2 Å². The second kappa shape index (κ2) is 7.72. The lowest BCUT2D eigenvalue weighted by molar-refractivity contribution is 0.481. The van der Waals surface area contributed by atoms with E-state index in [4.69, 9.17) is 14.8 Å². The van der Waals surface area contributed by atoms with Crippen molar-refractivity contribution in [3.8, 4) is 5.69 Å². The van der Waals surface area contributed by atoms with Gasteiger partial charge < -0.3 is 5.73 Å². The van der Waals surface area contributed by atoms with Crippen molar-refractivity contribution in [3.05, 3.63) is 48.2 Å². The average molecular weight is 495 g/mol. The number of fused-ring (bicyclic) bond motifs is 1. The highest BCUT2D eigenvalue weighted by Crippen LogP contribution is 2.34. The number of aryl methyl sites for hydroxylation is 1. The second-order valence-electron chi connectivity index (χ2n) is 6.50. The van der Waals surface area contributed by atoms with Gasteiger partial charge in [0.05, 0.1) is 31.4 Å². The van der Waals surface area contributed by atoms with Crippen LogP contribution >= 0.6 is 11.3 Å². The molecule has 0 atom stereocenters. The minimum atomic E-state index is -4.35. The molecular weight excluding hydrogens is 480 g/mol. The summed E-state index contributed by atoms with van der Waals surface area (Å²) in [6.07, 6.45) is 0. The highest BCUT2D eigenvalue weighted by atomic mass is 32.2. The van der Waals surface area contributed by atoms with Gasteiger partial charge in [-0.25, -0.2) is 9.67 Å². The molecule has 0 aliphatic carbocycles. The molecule has 0 spiro atoms. The van der Waals surface area contributed by atoms with Crippen LogP contribution < -0.4 is 5.73 Å². The number of hydrogen-bond donors (Lipinski definition) is 3. The van der Waals surface area contributed by atoms with Crippen molar-refractivity contribution < 1.29 is 25.9 Å². The number of rotatable bonds is 5. The monoisotopic (exact) mass is 494 g/mol. The quantitative estimate of drug-likeness (QED) is 0.276. The molecule has 0 aliphatic heterocycles. The summed E-state index contributed by atoms with van der Waals surface area (Å²) in [4.78, 5) is 3.65. The van der Waals surface area contributed by atoms with Crippen LogP contribution in [-0.4, -0.2) is 40.7 Å². The zero-order valence-electron chi connectivity index (χ0n) is 16.1. The fourth-order valence-corrected chi connectivity index (χ4v) is 4.56. The van der Waals surface area contributed by atoms with Gasteiger partial charge >= 0.3 is 0 Å². The molecule has 4 aromatic rings. The van der Waals surface area contributed by atoms with E-state index in [0.717, 1.165) is 11.3 Å². The van der Waals surface area contributed by atoms with Crippen molar-refractivity contribution in [3.63, 3.8) is 0 Å². The van der Waals surface area contributed by atoms with E-state index in [-0.39, 0.29) is 26.4 Å². The first-order chi connectivity index (χ1) is 14.9. The van der Waals surface area contributed by atoms with E-state index in [1.165, 1.54) is 47.1 Å². The van der Waals surface area contributed by atoms with Gasteiger partial charge in [-0.05, 0) is 49.4 Å². The van der Waals surface area contributed by atoms with Crippen LogP contribution in [0.5, 0.6) is 0 Å². The summed E-state index contributed by atoms with van der Waals surface area (Å²) < 4.78 is 65.2. The molecule has 0 saturated carbocycles. The van der Waals surface area contributed by atoms with Gasteiger partial charge in [0.1, 0.15) is 0 Å². The highest BCUT2D eigenvalue weighted by Gasteiger charge is 2.16. The van der Waals surface area contributed by atoms with Crippen molar-refractivity contribution in [2.75, 3.05) is 5.73 Å². The van der Waals surface area contributed by atoms with Crippen molar-refractivity contribution in [1.82, 2.24) is 14.8 Å². The number of nitrogens with two attached hydrogens (primary N) is 1. The lowest BCUT2D eigenvalue weighted by Gasteiger charge is -2.04. The van der Waals surface area contributed by atoms with Gasteiger partial charge in [-0.3, -0.25) is 9.11 Å². The van der Waals surface area contributed by atoms with Gasteiger partial charge in [-0.1, -0.05) is 11.3 Å². The van der Waals surface area contributed by atoms with E-state index in [2.05, 4.69) is 20.3 Å². The Labute approximate surface area is 185 Å². The van der Waals surface area contributed by atoms with Crippen LogP contribution in [0, 0.1) is 6.92 Å². The molecule has 0 saturated heterocycles. The molecule has 32 heavy (non-hydrogen) atoms. The summed E-state index contributed by atoms with van der Waals surface area (Å²) >= 11 is 1.16. The maximum Gasteiger partial charge on any atom is 0.294 e. The number of nitrogens with zero attached hydrogens (tertiary/aromatic N) is 5. The maximum absolute atomic E-state index is 11.3. The smallest absolute Gasteiger partial charge is 0.294 e. The van der Waals surface area contributed by atoms with Crippen LogP contribution in [0.4, 0.5) is 16.6 Å². The SMILES string of the molecule is Cc1nn(-c2ccc(S(=O)(=O)O)cc2)c(N)c1/N=N/c1nc2cc(S(=O)(=O)O)ccc2s1. The third-order valence-electron chi connectivity index (χ3n) is 4.32. The first-order valence-electron chi connectivity index (χ1n) is 8.66. The second-order valence-corrected chi connectivity index (χ2v) is 10.4. The largest absolute Gasteiger partial charge is 0.382 e. The Morgan fingerprint density at radius 3 is 2.22 bits per heavy atom. The molecule has 0 unspecified atom stereocenters. The summed E-state index contributed by atoms with van der Waals surface area (Å²) in [7, 11) is -8.67. The van der Waals surface area contributed by atoms with Crippen LogP contribution in [0.1, 0.15) is 5.69 Å². The predicted octanol–water partition coefficient (Wildman–Crippen LogP) is 3.28. The van der Waals surface area contributed by atoms with Crippen LogP contribution in [-0.2, 0) is 20.2 Å². The normalized spacial score (nSPS) is 12.7. The predicted molar refractivity (Wildman–Crippen MR) is 116 cm³/mol. The number of hydrogen-bond acceptors (Lipinski definition) is 10. The lowest BCUT2D eigenvalue weighted by Crippen LogP contribution is -2.03. The minimum absolute atomic E-state index is 0.139. The van der Waals surface area contributed by atoms with E-state index in [1.807, 2.05) is 0 Å². The molecule has 0 amide bonds. The van der Waals surface area contributed by atoms with Crippen molar-refractivity contribution in [2.45, 2.75) is 16.7 Å². The standard InChI is InChI=1S/C17H14N6O6S3/c1-9-15(16(18)23(22-9)10-2-4-11(5-3-10)31(24,25)26)20-21-17-19-13-8-12(32(27,28)29)6-7-14(13)30-17/h2-8H,18H2,1H3,(H,24,25,26)(H,27,28,29)/b21-20+. The molecule has 2 aromatic heterocycles. The molecule has 15 heteroatoms. The lowest BCUT2D eigenvalue weighted by atomic mass is 10.3. The van der Waals surface area contributed by atoms with Gasteiger partial charge in [-0.15, -0.1) is 10.2 Å². The van der Waals surface area contributed by atoms with Crippen LogP contribution in [0.15, 0.2) is 62.5 Å². The molecule has 0 aliphatic rings. The van der Waals surface area contributed by atoms with E-state index in [0.29, 0.717) is 21.6 Å². The molecule has 0 radical (unpaired) electrons. The number of azo groups is 1. The molecule has 0 fully saturated rings. The van der Waals surface area contributed by atoms with E-state index >= 15 is 0 Å². The van der Waals surface area contributed by atoms with Crippen LogP contribution in [0.25, 0.3) is 15.9 Å². The number of anilines is 1. The minimum Gasteiger partial charge on any atom is -0.382 e. The Bertz CT molecular complexity index is 1590. The Morgan fingerprint density at radius 1 is 0.969 bits per heavy atom. The number of nitrogen functional groups attached to an aromatic ring is 1. The van der Waals surface area contributed by atoms with E-state index in [1.54, 1.807) is 6.92 Å². The summed E-state index contributed by atoms with van der Waals surface area (Å²) in [6, 6.07) is 9.27. The third-order valence-corrected chi connectivity index (χ3v) is 6.96. The van der Waals surface area contributed by atoms with Crippen molar-refractivity contribution >= 4 is 58.4 Å². The molecule has 166 valence electrons. The topological polar surface area (TPSA) is 190 Å². The van der Waals surface area contributed by atoms with E-state index in [9.17, 15) is 16.8 Å². The summed E-state index contributed by atoms with van der Waals surface area (Å²) in [6.45, 7) is 1.66. The first kappa shape index (κ1) is 22.0. The van der Waals surface area contributed by atoms with Crippen LogP contribution in [0.3, 0.4) is 0 Å². The highest BCUT2D eigenvalue weighted by molar-refractivity contribution is 7.86. The van der Waals surface area contributed by atoms with Gasteiger partial charge in [0.15, 0.2) is 11.5 Å². The first-order valence-corrected chi connectivity index (χ1v) is 12.4. The molecular formula is C17H14N6O6S3. The number of aromatic nitrogens is 3. The number of thiazole rings is 1. The van der Waals surface area contributed by atoms with Gasteiger partial charge in [0, 0.05) is 0 Å². The van der Waals surface area contributed by atoms with Crippen molar-refractivity contribution in [2.24, 2.45) is 10.2 Å². The zero-order chi connectivity index (χ0) is 23.3. The van der Waals surface area contributed by atoms with Gasteiger partial charge in [0.25, 0.3) is 20.2 Å². The molecule has 12 nitrogen and oxygen atoms in total. The van der Waals surface area contributed by atoms with Crippen LogP contribution in [0.2, 0.25) is 0 Å².